The number of carbonyl (C=O) groups is 1. The van der Waals surface area contributed by atoms with E-state index in [0.717, 1.165) is 11.3 Å². The molecule has 0 fully saturated rings. The van der Waals surface area contributed by atoms with Gasteiger partial charge in [-0.25, -0.2) is 8.42 Å². The Balaban J connectivity index is 1.91. The van der Waals surface area contributed by atoms with Crippen LogP contribution in [0.25, 0.3) is 0 Å². The Morgan fingerprint density at radius 1 is 1.00 bits per heavy atom. The predicted octanol–water partition coefficient (Wildman–Crippen LogP) is 2.98. The summed E-state index contributed by atoms with van der Waals surface area (Å²) in [4.78, 5) is 12.4. The fraction of sp³-hybridized carbons (Fsp3) is 0.381. The van der Waals surface area contributed by atoms with Crippen LogP contribution in [0, 0.1) is 0 Å². The zero-order valence-electron chi connectivity index (χ0n) is 17.2. The summed E-state index contributed by atoms with van der Waals surface area (Å²) in [5.41, 5.74) is 0.949. The van der Waals surface area contributed by atoms with E-state index in [4.69, 9.17) is 9.47 Å². The molecule has 0 aliphatic carbocycles. The number of hydrogen-bond donors (Lipinski definition) is 1. The summed E-state index contributed by atoms with van der Waals surface area (Å²) >= 11 is 0. The van der Waals surface area contributed by atoms with Gasteiger partial charge >= 0.3 is 0 Å². The largest absolute Gasteiger partial charge is 0.497 e. The van der Waals surface area contributed by atoms with Crippen molar-refractivity contribution in [1.29, 1.82) is 0 Å². The van der Waals surface area contributed by atoms with E-state index >= 15 is 0 Å². The Labute approximate surface area is 172 Å². The van der Waals surface area contributed by atoms with Gasteiger partial charge in [0.15, 0.2) is 6.61 Å². The van der Waals surface area contributed by atoms with Gasteiger partial charge < -0.3 is 14.8 Å². The topological polar surface area (TPSA) is 84.9 Å². The minimum Gasteiger partial charge on any atom is -0.497 e. The molecule has 2 aromatic carbocycles. The first-order valence-electron chi connectivity index (χ1n) is 9.48. The van der Waals surface area contributed by atoms with Crippen molar-refractivity contribution in [2.24, 2.45) is 0 Å². The quantitative estimate of drug-likeness (QED) is 0.639. The van der Waals surface area contributed by atoms with Crippen molar-refractivity contribution in [3.05, 3.63) is 54.1 Å². The van der Waals surface area contributed by atoms with Gasteiger partial charge in [0.05, 0.1) is 18.0 Å². The van der Waals surface area contributed by atoms with Crippen LogP contribution in [0.5, 0.6) is 11.5 Å². The normalized spacial score (nSPS) is 12.4. The van der Waals surface area contributed by atoms with Crippen molar-refractivity contribution in [2.45, 2.75) is 31.7 Å². The summed E-state index contributed by atoms with van der Waals surface area (Å²) in [6, 6.07) is 13.3. The Morgan fingerprint density at radius 2 is 1.55 bits per heavy atom. The molecule has 2 rings (SSSR count). The summed E-state index contributed by atoms with van der Waals surface area (Å²) in [5, 5.41) is 2.86. The molecule has 0 bridgehead atoms. The molecule has 0 spiro atoms. The Hall–Kier alpha value is -2.58. The molecular formula is C21H28N2O5S. The highest BCUT2D eigenvalue weighted by atomic mass is 32.2. The highest BCUT2D eigenvalue weighted by Gasteiger charge is 2.21. The van der Waals surface area contributed by atoms with Crippen LogP contribution in [0.1, 0.15) is 32.4 Å². The van der Waals surface area contributed by atoms with Gasteiger partial charge in [0.1, 0.15) is 11.5 Å². The van der Waals surface area contributed by atoms with Gasteiger partial charge in [0, 0.05) is 13.1 Å². The summed E-state index contributed by atoms with van der Waals surface area (Å²) in [5.74, 6) is 0.908. The second-order valence-corrected chi connectivity index (χ2v) is 8.35. The molecule has 0 aromatic heterocycles. The number of nitrogens with one attached hydrogen (secondary N) is 1. The molecular weight excluding hydrogens is 392 g/mol. The summed E-state index contributed by atoms with van der Waals surface area (Å²) in [6.45, 7) is 6.12. The molecule has 158 valence electrons. The fourth-order valence-corrected chi connectivity index (χ4v) is 4.29. The van der Waals surface area contributed by atoms with E-state index < -0.39 is 10.0 Å². The number of rotatable bonds is 10. The number of benzene rings is 2. The maximum atomic E-state index is 12.5. The molecule has 0 saturated heterocycles. The van der Waals surface area contributed by atoms with Crippen molar-refractivity contribution < 1.29 is 22.7 Å². The lowest BCUT2D eigenvalue weighted by Crippen LogP contribution is -2.31. The number of hydrogen-bond acceptors (Lipinski definition) is 5. The van der Waals surface area contributed by atoms with Crippen LogP contribution in [-0.2, 0) is 14.8 Å². The first-order chi connectivity index (χ1) is 13.8. The molecule has 0 radical (unpaired) electrons. The van der Waals surface area contributed by atoms with E-state index in [2.05, 4.69) is 5.32 Å². The van der Waals surface area contributed by atoms with Gasteiger partial charge in [-0.3, -0.25) is 4.79 Å². The van der Waals surface area contributed by atoms with Crippen LogP contribution in [0.2, 0.25) is 0 Å². The SMILES string of the molecule is CCN(CC)S(=O)(=O)c1ccc(OCC(=O)N[C@@H](C)c2ccc(OC)cc2)cc1. The summed E-state index contributed by atoms with van der Waals surface area (Å²) in [7, 11) is -1.91. The van der Waals surface area contributed by atoms with Gasteiger partial charge in [-0.05, 0) is 48.9 Å². The Morgan fingerprint density at radius 3 is 2.07 bits per heavy atom. The minimum atomic E-state index is -3.51. The molecule has 29 heavy (non-hydrogen) atoms. The smallest absolute Gasteiger partial charge is 0.258 e. The molecule has 1 N–H and O–H groups in total. The first kappa shape index (κ1) is 22.7. The van der Waals surface area contributed by atoms with Gasteiger partial charge in [-0.15, -0.1) is 0 Å². The Kier molecular flexibility index (Phi) is 8.04. The van der Waals surface area contributed by atoms with E-state index in [1.807, 2.05) is 31.2 Å². The van der Waals surface area contributed by atoms with Gasteiger partial charge in [0.25, 0.3) is 5.91 Å². The highest BCUT2D eigenvalue weighted by molar-refractivity contribution is 7.89. The summed E-state index contributed by atoms with van der Waals surface area (Å²) in [6.07, 6.45) is 0. The number of amides is 1. The van der Waals surface area contributed by atoms with Crippen LogP contribution >= 0.6 is 0 Å². The minimum absolute atomic E-state index is 0.164. The van der Waals surface area contributed by atoms with Crippen LogP contribution < -0.4 is 14.8 Å². The average Bonchev–Trinajstić information content (AvgIpc) is 2.73. The fourth-order valence-electron chi connectivity index (χ4n) is 2.83. The van der Waals surface area contributed by atoms with Crippen LogP contribution in [-0.4, -0.2) is 45.4 Å². The third kappa shape index (κ3) is 5.95. The number of methoxy groups -OCH3 is 1. The van der Waals surface area contributed by atoms with Crippen molar-refractivity contribution in [2.75, 3.05) is 26.8 Å². The number of sulfonamides is 1. The molecule has 0 saturated carbocycles. The molecule has 1 amide bonds. The molecule has 2 aromatic rings. The van der Waals surface area contributed by atoms with Gasteiger partial charge in [-0.1, -0.05) is 26.0 Å². The van der Waals surface area contributed by atoms with Crippen LogP contribution in [0.4, 0.5) is 0 Å². The second-order valence-electron chi connectivity index (χ2n) is 6.41. The van der Waals surface area contributed by atoms with Crippen LogP contribution in [0.3, 0.4) is 0 Å². The lowest BCUT2D eigenvalue weighted by Gasteiger charge is -2.18. The van der Waals surface area contributed by atoms with E-state index in [-0.39, 0.29) is 23.5 Å². The van der Waals surface area contributed by atoms with E-state index in [0.29, 0.717) is 18.8 Å². The molecule has 0 unspecified atom stereocenters. The van der Waals surface area contributed by atoms with Crippen molar-refractivity contribution in [1.82, 2.24) is 9.62 Å². The monoisotopic (exact) mass is 420 g/mol. The number of ether oxygens (including phenoxy) is 2. The first-order valence-corrected chi connectivity index (χ1v) is 10.9. The Bertz CT molecular complexity index is 892. The molecule has 7 nitrogen and oxygen atoms in total. The molecule has 0 heterocycles. The lowest BCUT2D eigenvalue weighted by atomic mass is 10.1. The molecule has 1 atom stereocenters. The standard InChI is InChI=1S/C21H28N2O5S/c1-5-23(6-2)29(25,26)20-13-11-19(12-14-20)28-15-21(24)22-16(3)17-7-9-18(27-4)10-8-17/h7-14,16H,5-6,15H2,1-4H3,(H,22,24)/t16-/m0/s1. The zero-order chi connectivity index (χ0) is 21.4. The lowest BCUT2D eigenvalue weighted by molar-refractivity contribution is -0.123. The van der Waals surface area contributed by atoms with Crippen molar-refractivity contribution in [3.8, 4) is 11.5 Å². The van der Waals surface area contributed by atoms with Gasteiger partial charge in [-0.2, -0.15) is 4.31 Å². The molecule has 8 heteroatoms. The highest BCUT2D eigenvalue weighted by Crippen LogP contribution is 2.20. The zero-order valence-corrected chi connectivity index (χ0v) is 18.0. The van der Waals surface area contributed by atoms with E-state index in [9.17, 15) is 13.2 Å². The number of nitrogens with zero attached hydrogens (tertiary/aromatic N) is 1. The van der Waals surface area contributed by atoms with Gasteiger partial charge in [0.2, 0.25) is 10.0 Å². The number of carbonyl (C=O) groups excluding carboxylic acids is 1. The van der Waals surface area contributed by atoms with Crippen molar-refractivity contribution >= 4 is 15.9 Å². The van der Waals surface area contributed by atoms with Crippen LogP contribution in [0.15, 0.2) is 53.4 Å². The second kappa shape index (κ2) is 10.3. The summed E-state index contributed by atoms with van der Waals surface area (Å²) < 4.78 is 37.0. The third-order valence-electron chi connectivity index (χ3n) is 4.53. The predicted molar refractivity (Wildman–Crippen MR) is 112 cm³/mol. The van der Waals surface area contributed by atoms with E-state index in [1.165, 1.54) is 16.4 Å². The molecule has 0 aliphatic heterocycles. The maximum absolute atomic E-state index is 12.5. The molecule has 0 aliphatic rings. The average molecular weight is 421 g/mol. The third-order valence-corrected chi connectivity index (χ3v) is 6.59. The van der Waals surface area contributed by atoms with Crippen molar-refractivity contribution in [3.63, 3.8) is 0 Å². The maximum Gasteiger partial charge on any atom is 0.258 e. The van der Waals surface area contributed by atoms with E-state index in [1.54, 1.807) is 33.1 Å².